The molecule has 0 aliphatic carbocycles. The molecule has 0 amide bonds. The number of phenols is 1. The Labute approximate surface area is 173 Å². The number of aromatic hydroxyl groups is 1. The molecule has 0 fully saturated rings. The van der Waals surface area contributed by atoms with E-state index in [-0.39, 0.29) is 5.75 Å². The van der Waals surface area contributed by atoms with Crippen LogP contribution < -0.4 is 0 Å². The smallest absolute Gasteiger partial charge is 0.336 e. The van der Waals surface area contributed by atoms with E-state index in [4.69, 9.17) is 9.47 Å². The van der Waals surface area contributed by atoms with Gasteiger partial charge in [0.1, 0.15) is 11.7 Å². The number of rotatable bonds is 3. The lowest BCUT2D eigenvalue weighted by Crippen LogP contribution is -2.36. The zero-order chi connectivity index (χ0) is 18.9. The number of allylic oxidation sites excluding steroid dienone is 1. The molecule has 1 aliphatic rings. The van der Waals surface area contributed by atoms with Gasteiger partial charge in [0, 0.05) is 17.3 Å². The molecular formula is C17H17I2NO5. The zero-order valence-corrected chi connectivity index (χ0v) is 18.4. The zero-order valence-electron chi connectivity index (χ0n) is 14.1. The van der Waals surface area contributed by atoms with E-state index >= 15 is 0 Å². The second-order valence-electron chi connectivity index (χ2n) is 5.56. The molecule has 1 aromatic rings. The number of esters is 2. The summed E-state index contributed by atoms with van der Waals surface area (Å²) < 4.78 is 11.1. The van der Waals surface area contributed by atoms with Crippen molar-refractivity contribution in [1.82, 2.24) is 0 Å². The maximum absolute atomic E-state index is 12.4. The van der Waals surface area contributed by atoms with E-state index in [0.717, 1.165) is 5.56 Å². The van der Waals surface area contributed by atoms with Crippen LogP contribution in [0.5, 0.6) is 5.75 Å². The SMILES string of the molecule is COC(=O)C1=C(C)N=C(C)C(C(=O)OC)C1c1cc(I)c(O)c(I)c1. The van der Waals surface area contributed by atoms with Gasteiger partial charge >= 0.3 is 11.9 Å². The molecule has 2 atom stereocenters. The predicted molar refractivity (Wildman–Crippen MR) is 110 cm³/mol. The summed E-state index contributed by atoms with van der Waals surface area (Å²) in [6.45, 7) is 3.45. The molecule has 1 aromatic carbocycles. The Balaban J connectivity index is 2.75. The van der Waals surface area contributed by atoms with Crippen molar-refractivity contribution in [2.75, 3.05) is 14.2 Å². The van der Waals surface area contributed by atoms with Crippen LogP contribution in [0.15, 0.2) is 28.4 Å². The average Bonchev–Trinajstić information content (AvgIpc) is 2.57. The van der Waals surface area contributed by atoms with Gasteiger partial charge in [0.15, 0.2) is 0 Å². The second-order valence-corrected chi connectivity index (χ2v) is 7.88. The molecule has 0 spiro atoms. The molecule has 25 heavy (non-hydrogen) atoms. The van der Waals surface area contributed by atoms with Crippen molar-refractivity contribution < 1.29 is 24.2 Å². The van der Waals surface area contributed by atoms with E-state index in [2.05, 4.69) is 4.99 Å². The second kappa shape index (κ2) is 8.02. The summed E-state index contributed by atoms with van der Waals surface area (Å²) in [5.74, 6) is -2.18. The lowest BCUT2D eigenvalue weighted by molar-refractivity contribution is -0.143. The van der Waals surface area contributed by atoms with Gasteiger partial charge in [0.2, 0.25) is 0 Å². The number of methoxy groups -OCH3 is 2. The lowest BCUT2D eigenvalue weighted by atomic mass is 9.75. The van der Waals surface area contributed by atoms with Crippen molar-refractivity contribution >= 4 is 62.8 Å². The molecule has 8 heteroatoms. The normalized spacial score (nSPS) is 20.2. The van der Waals surface area contributed by atoms with Crippen molar-refractivity contribution in [3.8, 4) is 5.75 Å². The molecule has 0 aromatic heterocycles. The molecule has 0 radical (unpaired) electrons. The molecule has 2 unspecified atom stereocenters. The van der Waals surface area contributed by atoms with Gasteiger partial charge < -0.3 is 14.6 Å². The standard InChI is InChI=1S/C17H17I2NO5/c1-7-12(16(22)24-3)14(13(8(2)20-7)17(23)25-4)9-5-10(18)15(21)11(19)6-9/h5-6,12,14,21H,1-4H3. The summed E-state index contributed by atoms with van der Waals surface area (Å²) in [5.41, 5.74) is 2.12. The van der Waals surface area contributed by atoms with Gasteiger partial charge in [0.05, 0.1) is 26.9 Å². The van der Waals surface area contributed by atoms with Crippen molar-refractivity contribution in [2.45, 2.75) is 19.8 Å². The largest absolute Gasteiger partial charge is 0.506 e. The fourth-order valence-electron chi connectivity index (χ4n) is 2.97. The number of hydrogen-bond donors (Lipinski definition) is 1. The summed E-state index contributed by atoms with van der Waals surface area (Å²) in [4.78, 5) is 29.2. The monoisotopic (exact) mass is 569 g/mol. The van der Waals surface area contributed by atoms with Crippen LogP contribution in [-0.4, -0.2) is 37.0 Å². The third-order valence-corrected chi connectivity index (χ3v) is 5.73. The number of hydrogen-bond acceptors (Lipinski definition) is 6. The van der Waals surface area contributed by atoms with Crippen LogP contribution in [0.25, 0.3) is 0 Å². The summed E-state index contributed by atoms with van der Waals surface area (Å²) >= 11 is 4.03. The molecule has 134 valence electrons. The van der Waals surface area contributed by atoms with Crippen LogP contribution in [0, 0.1) is 13.1 Å². The predicted octanol–water partition coefficient (Wildman–Crippen LogP) is 3.40. The lowest BCUT2D eigenvalue weighted by Gasteiger charge is -2.31. The first-order chi connectivity index (χ1) is 11.7. The Morgan fingerprint density at radius 3 is 2.16 bits per heavy atom. The molecule has 0 saturated carbocycles. The Hall–Kier alpha value is -1.17. The Bertz CT molecular complexity index is 777. The highest BCUT2D eigenvalue weighted by molar-refractivity contribution is 14.1. The van der Waals surface area contributed by atoms with Crippen molar-refractivity contribution in [1.29, 1.82) is 0 Å². The van der Waals surface area contributed by atoms with Gasteiger partial charge in [0.25, 0.3) is 0 Å². The van der Waals surface area contributed by atoms with Gasteiger partial charge in [-0.3, -0.25) is 9.79 Å². The Morgan fingerprint density at radius 2 is 1.68 bits per heavy atom. The quantitative estimate of drug-likeness (QED) is 0.446. The molecule has 1 heterocycles. The highest BCUT2D eigenvalue weighted by Crippen LogP contribution is 2.42. The maximum atomic E-state index is 12.4. The van der Waals surface area contributed by atoms with Gasteiger partial charge in [-0.05, 0) is 76.7 Å². The molecule has 2 rings (SSSR count). The first-order valence-electron chi connectivity index (χ1n) is 7.32. The summed E-state index contributed by atoms with van der Waals surface area (Å²) in [6.07, 6.45) is 0. The molecule has 6 nitrogen and oxygen atoms in total. The number of phenolic OH excluding ortho intramolecular Hbond substituents is 1. The van der Waals surface area contributed by atoms with Crippen LogP contribution in [0.4, 0.5) is 0 Å². The van der Waals surface area contributed by atoms with Crippen LogP contribution in [0.3, 0.4) is 0 Å². The number of ether oxygens (including phenoxy) is 2. The highest BCUT2D eigenvalue weighted by Gasteiger charge is 2.42. The summed E-state index contributed by atoms with van der Waals surface area (Å²) in [6, 6.07) is 3.51. The van der Waals surface area contributed by atoms with Crippen LogP contribution in [0.1, 0.15) is 25.3 Å². The minimum absolute atomic E-state index is 0.168. The van der Waals surface area contributed by atoms with E-state index in [9.17, 15) is 14.7 Å². The minimum atomic E-state index is -0.737. The Morgan fingerprint density at radius 1 is 1.12 bits per heavy atom. The van der Waals surface area contributed by atoms with E-state index in [1.54, 1.807) is 26.0 Å². The third-order valence-electron chi connectivity index (χ3n) is 4.09. The van der Waals surface area contributed by atoms with Crippen LogP contribution in [0.2, 0.25) is 0 Å². The first kappa shape index (κ1) is 20.1. The third kappa shape index (κ3) is 3.83. The maximum Gasteiger partial charge on any atom is 0.336 e. The van der Waals surface area contributed by atoms with Gasteiger partial charge in [-0.1, -0.05) is 0 Å². The van der Waals surface area contributed by atoms with E-state index < -0.39 is 23.8 Å². The molecule has 0 bridgehead atoms. The van der Waals surface area contributed by atoms with E-state index in [1.807, 2.05) is 45.2 Å². The van der Waals surface area contributed by atoms with Crippen molar-refractivity contribution in [3.05, 3.63) is 36.1 Å². The summed E-state index contributed by atoms with van der Waals surface area (Å²) in [7, 11) is 2.60. The van der Waals surface area contributed by atoms with E-state index in [1.165, 1.54) is 14.2 Å². The first-order valence-corrected chi connectivity index (χ1v) is 9.48. The van der Waals surface area contributed by atoms with Crippen molar-refractivity contribution in [2.24, 2.45) is 10.9 Å². The summed E-state index contributed by atoms with van der Waals surface area (Å²) in [5, 5.41) is 10.0. The van der Waals surface area contributed by atoms with Crippen LogP contribution in [-0.2, 0) is 19.1 Å². The molecular weight excluding hydrogens is 552 g/mol. The van der Waals surface area contributed by atoms with Crippen molar-refractivity contribution in [3.63, 3.8) is 0 Å². The Kier molecular flexibility index (Phi) is 6.46. The topological polar surface area (TPSA) is 85.2 Å². The van der Waals surface area contributed by atoms with E-state index in [0.29, 0.717) is 24.1 Å². The number of aliphatic imine (C=N–C) groups is 1. The molecule has 1 N–H and O–H groups in total. The highest BCUT2D eigenvalue weighted by atomic mass is 127. The van der Waals surface area contributed by atoms with Gasteiger partial charge in [-0.25, -0.2) is 4.79 Å². The number of nitrogens with zero attached hydrogens (tertiary/aromatic N) is 1. The fourth-order valence-corrected chi connectivity index (χ4v) is 4.79. The van der Waals surface area contributed by atoms with Gasteiger partial charge in [-0.2, -0.15) is 0 Å². The molecule has 1 aliphatic heterocycles. The number of halogens is 2. The average molecular weight is 569 g/mol. The fraction of sp³-hybridized carbons (Fsp3) is 0.353. The van der Waals surface area contributed by atoms with Crippen LogP contribution >= 0.6 is 45.2 Å². The number of benzene rings is 1. The number of carbonyl (C=O) groups excluding carboxylic acids is 2. The van der Waals surface area contributed by atoms with Gasteiger partial charge in [-0.15, -0.1) is 0 Å². The number of carbonyl (C=O) groups is 2. The minimum Gasteiger partial charge on any atom is -0.506 e. The molecule has 0 saturated heterocycles.